The number of H-pyrrole nitrogens is 1. The molecule has 0 aromatic carbocycles. The van der Waals surface area contributed by atoms with Gasteiger partial charge in [0.15, 0.2) is 0 Å². The van der Waals surface area contributed by atoms with Crippen LogP contribution in [0.2, 0.25) is 0 Å². The molecule has 2 N–H and O–H groups in total. The largest absolute Gasteiger partial charge is 0.386 e. The number of anilines is 1. The Morgan fingerprint density at radius 1 is 1.47 bits per heavy atom. The van der Waals surface area contributed by atoms with E-state index in [9.17, 15) is 10.1 Å². The van der Waals surface area contributed by atoms with Gasteiger partial charge in [-0.3, -0.25) is 5.10 Å². The van der Waals surface area contributed by atoms with Crippen molar-refractivity contribution in [2.45, 2.75) is 6.42 Å². The average Bonchev–Trinajstić information content (AvgIpc) is 2.82. The highest BCUT2D eigenvalue weighted by molar-refractivity contribution is 5.56. The van der Waals surface area contributed by atoms with Gasteiger partial charge in [-0.05, 0) is 22.0 Å². The van der Waals surface area contributed by atoms with Gasteiger partial charge in [0.25, 0.3) is 0 Å². The van der Waals surface area contributed by atoms with Crippen LogP contribution in [0.15, 0.2) is 24.7 Å². The number of nitrogens with zero attached hydrogens (tertiary/aromatic N) is 4. The van der Waals surface area contributed by atoms with Crippen LogP contribution < -0.4 is 5.32 Å². The lowest BCUT2D eigenvalue weighted by Gasteiger charge is -2.04. The Hall–Kier alpha value is -2.51. The molecule has 0 saturated carbocycles. The van der Waals surface area contributed by atoms with Gasteiger partial charge in [-0.15, -0.1) is 0 Å². The second-order valence-electron chi connectivity index (χ2n) is 3.24. The molecule has 0 amide bonds. The molecule has 0 radical (unpaired) electrons. The number of hydrogen-bond acceptors (Lipinski definition) is 6. The van der Waals surface area contributed by atoms with Crippen molar-refractivity contribution in [2.75, 3.05) is 11.9 Å². The smallest absolute Gasteiger partial charge is 0.378 e. The third-order valence-electron chi connectivity index (χ3n) is 2.10. The number of nitrogens with one attached hydrogen (secondary N) is 2. The second kappa shape index (κ2) is 5.01. The van der Waals surface area contributed by atoms with Crippen molar-refractivity contribution in [2.24, 2.45) is 0 Å². The molecule has 0 fully saturated rings. The normalized spacial score (nSPS) is 10.1. The minimum absolute atomic E-state index is 0.176. The Kier molecular flexibility index (Phi) is 3.24. The molecule has 0 bridgehead atoms. The highest BCUT2D eigenvalue weighted by Gasteiger charge is 2.13. The van der Waals surface area contributed by atoms with Gasteiger partial charge in [0.2, 0.25) is 0 Å². The van der Waals surface area contributed by atoms with E-state index in [2.05, 4.69) is 25.5 Å². The summed E-state index contributed by atoms with van der Waals surface area (Å²) in [6.07, 6.45) is 3.41. The molecular weight excluding hydrogens is 224 g/mol. The molecule has 0 aliphatic heterocycles. The fourth-order valence-corrected chi connectivity index (χ4v) is 1.35. The summed E-state index contributed by atoms with van der Waals surface area (Å²) >= 11 is 0. The van der Waals surface area contributed by atoms with Gasteiger partial charge in [0.05, 0.1) is 0 Å². The van der Waals surface area contributed by atoms with Crippen molar-refractivity contribution in [1.82, 2.24) is 20.2 Å². The zero-order chi connectivity index (χ0) is 12.1. The highest BCUT2D eigenvalue weighted by atomic mass is 16.6. The van der Waals surface area contributed by atoms with Gasteiger partial charge in [0.1, 0.15) is 24.0 Å². The van der Waals surface area contributed by atoms with Crippen molar-refractivity contribution < 1.29 is 4.92 Å². The summed E-state index contributed by atoms with van der Waals surface area (Å²) in [6, 6.07) is 3.26. The molecule has 0 atom stereocenters. The SMILES string of the molecule is O=[N+]([O-])c1ncccc1NCCc1ncn[nH]1. The molecular formula is C9H10N6O2. The van der Waals surface area contributed by atoms with Gasteiger partial charge >= 0.3 is 5.82 Å². The van der Waals surface area contributed by atoms with Gasteiger partial charge in [0, 0.05) is 13.0 Å². The lowest BCUT2D eigenvalue weighted by Crippen LogP contribution is -2.08. The number of rotatable bonds is 5. The minimum Gasteiger partial charge on any atom is -0.378 e. The third kappa shape index (κ3) is 2.74. The molecule has 0 saturated heterocycles. The minimum atomic E-state index is -0.517. The van der Waals surface area contributed by atoms with Crippen LogP contribution in [0.3, 0.4) is 0 Å². The Labute approximate surface area is 96.3 Å². The number of aromatic amines is 1. The summed E-state index contributed by atoms with van der Waals surface area (Å²) in [5.41, 5.74) is 0.400. The number of hydrogen-bond donors (Lipinski definition) is 2. The average molecular weight is 234 g/mol. The van der Waals surface area contributed by atoms with Crippen molar-refractivity contribution in [1.29, 1.82) is 0 Å². The molecule has 88 valence electrons. The van der Waals surface area contributed by atoms with Crippen LogP contribution >= 0.6 is 0 Å². The third-order valence-corrected chi connectivity index (χ3v) is 2.10. The van der Waals surface area contributed by atoms with Crippen LogP contribution in [0.4, 0.5) is 11.5 Å². The zero-order valence-electron chi connectivity index (χ0n) is 8.83. The highest BCUT2D eigenvalue weighted by Crippen LogP contribution is 2.19. The monoisotopic (exact) mass is 234 g/mol. The molecule has 0 aliphatic carbocycles. The topological polar surface area (TPSA) is 110 Å². The maximum absolute atomic E-state index is 10.7. The van der Waals surface area contributed by atoms with E-state index in [1.54, 1.807) is 12.1 Å². The molecule has 2 heterocycles. The van der Waals surface area contributed by atoms with E-state index < -0.39 is 4.92 Å². The van der Waals surface area contributed by atoms with Crippen LogP contribution in [-0.4, -0.2) is 31.6 Å². The van der Waals surface area contributed by atoms with Crippen LogP contribution in [0, 0.1) is 10.1 Å². The quantitative estimate of drug-likeness (QED) is 0.583. The van der Waals surface area contributed by atoms with Gasteiger partial charge in [-0.2, -0.15) is 5.10 Å². The molecule has 0 aliphatic rings. The lowest BCUT2D eigenvalue weighted by molar-refractivity contribution is -0.388. The molecule has 2 aromatic rings. The fourth-order valence-electron chi connectivity index (χ4n) is 1.35. The van der Waals surface area contributed by atoms with E-state index in [4.69, 9.17) is 0 Å². The molecule has 8 heteroatoms. The summed E-state index contributed by atoms with van der Waals surface area (Å²) < 4.78 is 0. The van der Waals surface area contributed by atoms with Gasteiger partial charge < -0.3 is 15.4 Å². The first kappa shape index (κ1) is 11.0. The summed E-state index contributed by atoms with van der Waals surface area (Å²) in [5.74, 6) is 0.550. The Balaban J connectivity index is 1.97. The summed E-state index contributed by atoms with van der Waals surface area (Å²) in [4.78, 5) is 17.8. The number of pyridine rings is 1. The summed E-state index contributed by atoms with van der Waals surface area (Å²) in [6.45, 7) is 0.516. The molecule has 17 heavy (non-hydrogen) atoms. The van der Waals surface area contributed by atoms with E-state index in [-0.39, 0.29) is 5.82 Å². The van der Waals surface area contributed by atoms with Crippen LogP contribution in [-0.2, 0) is 6.42 Å². The van der Waals surface area contributed by atoms with Crippen molar-refractivity contribution in [3.63, 3.8) is 0 Å². The van der Waals surface area contributed by atoms with E-state index in [1.165, 1.54) is 12.5 Å². The van der Waals surface area contributed by atoms with Crippen LogP contribution in [0.5, 0.6) is 0 Å². The van der Waals surface area contributed by atoms with Crippen molar-refractivity contribution in [3.05, 3.63) is 40.6 Å². The van der Waals surface area contributed by atoms with Crippen LogP contribution in [0.25, 0.3) is 0 Å². The molecule has 8 nitrogen and oxygen atoms in total. The zero-order valence-corrected chi connectivity index (χ0v) is 8.83. The molecule has 2 rings (SSSR count). The molecule has 0 unspecified atom stereocenters. The maximum Gasteiger partial charge on any atom is 0.386 e. The first-order valence-electron chi connectivity index (χ1n) is 4.95. The van der Waals surface area contributed by atoms with Gasteiger partial charge in [-0.1, -0.05) is 0 Å². The predicted molar refractivity (Wildman–Crippen MR) is 59.5 cm³/mol. The van der Waals surface area contributed by atoms with Crippen LogP contribution in [0.1, 0.15) is 5.82 Å². The number of aromatic nitrogens is 4. The molecule has 2 aromatic heterocycles. The molecule has 0 spiro atoms. The maximum atomic E-state index is 10.7. The standard InChI is InChI=1S/C9H10N6O2/c16-15(17)9-7(2-1-4-11-9)10-5-3-8-12-6-13-14-8/h1-2,4,6,10H,3,5H2,(H,12,13,14). The first-order chi connectivity index (χ1) is 8.27. The van der Waals surface area contributed by atoms with Crippen molar-refractivity contribution in [3.8, 4) is 0 Å². The Bertz CT molecular complexity index is 498. The Morgan fingerprint density at radius 2 is 2.35 bits per heavy atom. The van der Waals surface area contributed by atoms with Crippen molar-refractivity contribution >= 4 is 11.5 Å². The lowest BCUT2D eigenvalue weighted by atomic mass is 10.3. The Morgan fingerprint density at radius 3 is 3.06 bits per heavy atom. The number of nitro groups is 1. The van der Waals surface area contributed by atoms with Gasteiger partial charge in [-0.25, -0.2) is 4.98 Å². The van der Waals surface area contributed by atoms with E-state index in [0.29, 0.717) is 18.7 Å². The fraction of sp³-hybridized carbons (Fsp3) is 0.222. The predicted octanol–water partition coefficient (Wildman–Crippen LogP) is 0.762. The summed E-state index contributed by atoms with van der Waals surface area (Å²) in [5, 5.41) is 20.0. The van der Waals surface area contributed by atoms with E-state index in [0.717, 1.165) is 5.82 Å². The second-order valence-corrected chi connectivity index (χ2v) is 3.24. The first-order valence-corrected chi connectivity index (χ1v) is 4.95. The summed E-state index contributed by atoms with van der Waals surface area (Å²) in [7, 11) is 0. The van der Waals surface area contributed by atoms with E-state index >= 15 is 0 Å². The van der Waals surface area contributed by atoms with E-state index in [1.807, 2.05) is 0 Å².